The van der Waals surface area contributed by atoms with Gasteiger partial charge in [-0.2, -0.15) is 0 Å². The lowest BCUT2D eigenvalue weighted by atomic mass is 9.87. The molecule has 1 saturated carbocycles. The molecule has 1 saturated heterocycles. The predicted molar refractivity (Wildman–Crippen MR) is 70.6 cm³/mol. The molecule has 0 radical (unpaired) electrons. The molecule has 0 aromatic carbocycles. The molecule has 106 valence electrons. The first-order valence-electron chi connectivity index (χ1n) is 7.36. The van der Waals surface area contributed by atoms with Crippen LogP contribution in [0, 0.1) is 0 Å². The van der Waals surface area contributed by atoms with Gasteiger partial charge >= 0.3 is 0 Å². The van der Waals surface area contributed by atoms with Crippen molar-refractivity contribution in [2.75, 3.05) is 26.9 Å². The van der Waals surface area contributed by atoms with Crippen LogP contribution in [0.4, 0.5) is 0 Å². The van der Waals surface area contributed by atoms with Gasteiger partial charge in [0, 0.05) is 25.5 Å². The summed E-state index contributed by atoms with van der Waals surface area (Å²) in [7, 11) is 2.02. The van der Waals surface area contributed by atoms with Crippen LogP contribution in [-0.4, -0.2) is 44.8 Å². The van der Waals surface area contributed by atoms with E-state index in [2.05, 4.69) is 12.2 Å². The van der Waals surface area contributed by atoms with Crippen molar-refractivity contribution in [1.29, 1.82) is 0 Å². The Morgan fingerprint density at radius 2 is 2.06 bits per heavy atom. The van der Waals surface area contributed by atoms with E-state index in [9.17, 15) is 0 Å². The van der Waals surface area contributed by atoms with Crippen LogP contribution in [0.1, 0.15) is 45.4 Å². The van der Waals surface area contributed by atoms with Gasteiger partial charge in [-0.05, 0) is 19.9 Å². The van der Waals surface area contributed by atoms with Gasteiger partial charge in [-0.25, -0.2) is 0 Å². The van der Waals surface area contributed by atoms with Crippen LogP contribution in [0.25, 0.3) is 0 Å². The minimum Gasteiger partial charge on any atom is -0.376 e. The number of hydrogen-bond acceptors (Lipinski definition) is 4. The number of ether oxygens (including phenoxy) is 3. The van der Waals surface area contributed by atoms with E-state index in [1.165, 1.54) is 12.8 Å². The molecule has 1 N–H and O–H groups in total. The maximum absolute atomic E-state index is 6.05. The minimum absolute atomic E-state index is 0.221. The number of likely N-dealkylation sites (N-methyl/N-ethyl adjacent to an activating group) is 1. The highest BCUT2D eigenvalue weighted by Crippen LogP contribution is 2.37. The van der Waals surface area contributed by atoms with Gasteiger partial charge in [-0.1, -0.05) is 19.8 Å². The molecular formula is C14H27NO3. The highest BCUT2D eigenvalue weighted by atomic mass is 16.7. The zero-order valence-electron chi connectivity index (χ0n) is 11.7. The van der Waals surface area contributed by atoms with Crippen molar-refractivity contribution < 1.29 is 14.2 Å². The van der Waals surface area contributed by atoms with Gasteiger partial charge in [0.1, 0.15) is 0 Å². The first-order chi connectivity index (χ1) is 8.79. The van der Waals surface area contributed by atoms with E-state index in [1.807, 2.05) is 7.05 Å². The van der Waals surface area contributed by atoms with E-state index in [-0.39, 0.29) is 11.9 Å². The van der Waals surface area contributed by atoms with Gasteiger partial charge in [0.15, 0.2) is 5.79 Å². The van der Waals surface area contributed by atoms with Gasteiger partial charge in [-0.3, -0.25) is 0 Å². The third-order valence-electron chi connectivity index (χ3n) is 4.06. The monoisotopic (exact) mass is 257 g/mol. The third kappa shape index (κ3) is 3.44. The van der Waals surface area contributed by atoms with Crippen LogP contribution >= 0.6 is 0 Å². The fourth-order valence-corrected chi connectivity index (χ4v) is 2.96. The first-order valence-corrected chi connectivity index (χ1v) is 7.36. The van der Waals surface area contributed by atoms with Crippen LogP contribution in [0.3, 0.4) is 0 Å². The third-order valence-corrected chi connectivity index (χ3v) is 4.06. The largest absolute Gasteiger partial charge is 0.376 e. The van der Waals surface area contributed by atoms with E-state index in [1.54, 1.807) is 0 Å². The quantitative estimate of drug-likeness (QED) is 0.740. The van der Waals surface area contributed by atoms with Crippen LogP contribution in [0.2, 0.25) is 0 Å². The van der Waals surface area contributed by atoms with E-state index >= 15 is 0 Å². The smallest absolute Gasteiger partial charge is 0.171 e. The fraction of sp³-hybridized carbons (Fsp3) is 1.00. The summed E-state index contributed by atoms with van der Waals surface area (Å²) in [5, 5.41) is 3.37. The van der Waals surface area contributed by atoms with Crippen molar-refractivity contribution in [1.82, 2.24) is 5.32 Å². The van der Waals surface area contributed by atoms with Gasteiger partial charge in [0.2, 0.25) is 0 Å². The summed E-state index contributed by atoms with van der Waals surface area (Å²) in [6.07, 6.45) is 6.76. The lowest BCUT2D eigenvalue weighted by molar-refractivity contribution is -0.206. The molecule has 2 fully saturated rings. The molecular weight excluding hydrogens is 230 g/mol. The molecule has 2 aliphatic rings. The summed E-state index contributed by atoms with van der Waals surface area (Å²) in [5.41, 5.74) is 0. The van der Waals surface area contributed by atoms with Crippen molar-refractivity contribution in [2.24, 2.45) is 0 Å². The SMILES string of the molecule is CCCCCOC1CC2(CCC1NC)OCCO2. The highest BCUT2D eigenvalue weighted by molar-refractivity contribution is 4.91. The predicted octanol–water partition coefficient (Wildman–Crippen LogP) is 2.08. The molecule has 1 aliphatic heterocycles. The van der Waals surface area contributed by atoms with Gasteiger partial charge in [0.05, 0.1) is 19.3 Å². The summed E-state index contributed by atoms with van der Waals surface area (Å²) >= 11 is 0. The normalized spacial score (nSPS) is 31.0. The zero-order chi connectivity index (χ0) is 12.8. The standard InChI is InChI=1S/C14H27NO3/c1-3-4-5-8-16-13-11-14(17-9-10-18-14)7-6-12(13)15-2/h12-13,15H,3-11H2,1-2H3. The van der Waals surface area contributed by atoms with Crippen LogP contribution in [0.15, 0.2) is 0 Å². The average molecular weight is 257 g/mol. The van der Waals surface area contributed by atoms with Crippen molar-refractivity contribution in [2.45, 2.75) is 63.4 Å². The molecule has 0 aromatic rings. The molecule has 2 unspecified atom stereocenters. The summed E-state index contributed by atoms with van der Waals surface area (Å²) in [5.74, 6) is -0.344. The maximum atomic E-state index is 6.05. The van der Waals surface area contributed by atoms with Crippen molar-refractivity contribution in [3.8, 4) is 0 Å². The van der Waals surface area contributed by atoms with Crippen molar-refractivity contribution >= 4 is 0 Å². The van der Waals surface area contributed by atoms with Crippen LogP contribution in [0.5, 0.6) is 0 Å². The van der Waals surface area contributed by atoms with Gasteiger partial charge in [-0.15, -0.1) is 0 Å². The number of rotatable bonds is 6. The van der Waals surface area contributed by atoms with E-state index < -0.39 is 0 Å². The lowest BCUT2D eigenvalue weighted by Gasteiger charge is -2.40. The Morgan fingerprint density at radius 3 is 2.72 bits per heavy atom. The zero-order valence-corrected chi connectivity index (χ0v) is 11.7. The Labute approximate surface area is 110 Å². The first kappa shape index (κ1) is 14.3. The molecule has 0 aromatic heterocycles. The highest BCUT2D eigenvalue weighted by Gasteiger charge is 2.45. The number of hydrogen-bond donors (Lipinski definition) is 1. The maximum Gasteiger partial charge on any atom is 0.171 e. The summed E-state index contributed by atoms with van der Waals surface area (Å²) in [4.78, 5) is 0. The molecule has 1 spiro atoms. The minimum atomic E-state index is -0.344. The second kappa shape index (κ2) is 6.85. The Bertz CT molecular complexity index is 241. The summed E-state index contributed by atoms with van der Waals surface area (Å²) in [6.45, 7) is 4.53. The van der Waals surface area contributed by atoms with Gasteiger partial charge in [0.25, 0.3) is 0 Å². The Morgan fingerprint density at radius 1 is 1.28 bits per heavy atom. The lowest BCUT2D eigenvalue weighted by Crippen LogP contribution is -2.51. The molecule has 4 nitrogen and oxygen atoms in total. The molecule has 18 heavy (non-hydrogen) atoms. The van der Waals surface area contributed by atoms with Gasteiger partial charge < -0.3 is 19.5 Å². The second-order valence-corrected chi connectivity index (χ2v) is 5.36. The molecule has 2 rings (SSSR count). The second-order valence-electron chi connectivity index (χ2n) is 5.36. The molecule has 1 heterocycles. The average Bonchev–Trinajstić information content (AvgIpc) is 2.83. The molecule has 1 aliphatic carbocycles. The number of nitrogens with one attached hydrogen (secondary N) is 1. The molecule has 4 heteroatoms. The Balaban J connectivity index is 1.83. The van der Waals surface area contributed by atoms with Crippen molar-refractivity contribution in [3.63, 3.8) is 0 Å². The van der Waals surface area contributed by atoms with E-state index in [4.69, 9.17) is 14.2 Å². The topological polar surface area (TPSA) is 39.7 Å². The van der Waals surface area contributed by atoms with Crippen LogP contribution in [-0.2, 0) is 14.2 Å². The van der Waals surface area contributed by atoms with E-state index in [0.717, 1.165) is 45.5 Å². The number of unbranched alkanes of at least 4 members (excludes halogenated alkanes) is 2. The molecule has 0 bridgehead atoms. The fourth-order valence-electron chi connectivity index (χ4n) is 2.96. The van der Waals surface area contributed by atoms with E-state index in [0.29, 0.717) is 6.04 Å². The molecule has 0 amide bonds. The van der Waals surface area contributed by atoms with Crippen molar-refractivity contribution in [3.05, 3.63) is 0 Å². The molecule has 2 atom stereocenters. The summed E-state index contributed by atoms with van der Waals surface area (Å²) < 4.78 is 17.7. The summed E-state index contributed by atoms with van der Waals surface area (Å²) in [6, 6.07) is 0.435. The Hall–Kier alpha value is -0.160. The Kier molecular flexibility index (Phi) is 5.42. The van der Waals surface area contributed by atoms with Crippen LogP contribution < -0.4 is 5.32 Å².